The molecule has 23 heavy (non-hydrogen) atoms. The minimum atomic E-state index is -4.51. The second kappa shape index (κ2) is 5.99. The first kappa shape index (κ1) is 16.3. The highest BCUT2D eigenvalue weighted by atomic mass is 19.4. The molecule has 0 saturated carbocycles. The van der Waals surface area contributed by atoms with Gasteiger partial charge >= 0.3 is 18.1 Å². The van der Waals surface area contributed by atoms with Crippen LogP contribution < -0.4 is 10.1 Å². The van der Waals surface area contributed by atoms with Gasteiger partial charge in [0.2, 0.25) is 0 Å². The molecule has 0 amide bonds. The fourth-order valence-corrected chi connectivity index (χ4v) is 1.67. The van der Waals surface area contributed by atoms with Crippen molar-refractivity contribution in [3.63, 3.8) is 0 Å². The maximum atomic E-state index is 12.6. The van der Waals surface area contributed by atoms with E-state index in [4.69, 9.17) is 14.9 Å². The van der Waals surface area contributed by atoms with E-state index in [1.165, 1.54) is 0 Å². The van der Waals surface area contributed by atoms with Gasteiger partial charge in [-0.1, -0.05) is 0 Å². The van der Waals surface area contributed by atoms with Crippen LogP contribution in [0.5, 0.6) is 5.75 Å². The third-order valence-electron chi connectivity index (χ3n) is 2.76. The number of carboxylic acid groups (broad SMARTS) is 2. The summed E-state index contributed by atoms with van der Waals surface area (Å²) in [6, 6.07) is 2.79. The van der Waals surface area contributed by atoms with Crippen molar-refractivity contribution < 1.29 is 37.7 Å². The van der Waals surface area contributed by atoms with E-state index in [0.717, 1.165) is 18.2 Å². The van der Waals surface area contributed by atoms with Crippen molar-refractivity contribution >= 4 is 23.5 Å². The Balaban J connectivity index is 2.24. The Kier molecular flexibility index (Phi) is 4.25. The van der Waals surface area contributed by atoms with Crippen molar-refractivity contribution in [1.29, 1.82) is 0 Å². The minimum Gasteiger partial charge on any atom is -0.483 e. The zero-order valence-corrected chi connectivity index (χ0v) is 11.2. The lowest BCUT2D eigenvalue weighted by molar-refractivity contribution is -0.140. The summed E-state index contributed by atoms with van der Waals surface area (Å²) >= 11 is 0. The number of hydrogen-bond donors (Lipinski definition) is 3. The average Bonchev–Trinajstić information content (AvgIpc) is 2.45. The SMILES string of the molecule is O=C(O)C(=CN=C1COc2cc(C(F)(F)F)ccc2N1)C(=O)O. The van der Waals surface area contributed by atoms with Crippen LogP contribution in [0.2, 0.25) is 0 Å². The summed E-state index contributed by atoms with van der Waals surface area (Å²) in [7, 11) is 0. The highest BCUT2D eigenvalue weighted by Crippen LogP contribution is 2.36. The molecule has 1 aromatic rings. The van der Waals surface area contributed by atoms with Gasteiger partial charge in [-0.25, -0.2) is 14.6 Å². The van der Waals surface area contributed by atoms with Crippen LogP contribution in [0.4, 0.5) is 18.9 Å². The number of fused-ring (bicyclic) bond motifs is 1. The summed E-state index contributed by atoms with van der Waals surface area (Å²) in [5.41, 5.74) is -1.64. The molecule has 0 atom stereocenters. The molecule has 0 spiro atoms. The van der Waals surface area contributed by atoms with Crippen LogP contribution in [0.15, 0.2) is 35.0 Å². The highest BCUT2D eigenvalue weighted by Gasteiger charge is 2.32. The molecule has 122 valence electrons. The quantitative estimate of drug-likeness (QED) is 0.444. The first-order valence-electron chi connectivity index (χ1n) is 6.03. The number of anilines is 1. The molecule has 0 radical (unpaired) electrons. The Morgan fingerprint density at radius 2 is 1.91 bits per heavy atom. The number of aliphatic imine (C=N–C) groups is 1. The number of carbonyl (C=O) groups is 2. The van der Waals surface area contributed by atoms with Gasteiger partial charge in [0.15, 0.2) is 5.57 Å². The lowest BCUT2D eigenvalue weighted by Gasteiger charge is -2.21. The van der Waals surface area contributed by atoms with E-state index in [1.807, 2.05) is 0 Å². The van der Waals surface area contributed by atoms with Gasteiger partial charge in [0.25, 0.3) is 0 Å². The summed E-state index contributed by atoms with van der Waals surface area (Å²) < 4.78 is 42.8. The van der Waals surface area contributed by atoms with E-state index in [9.17, 15) is 22.8 Å². The number of alkyl halides is 3. The third-order valence-corrected chi connectivity index (χ3v) is 2.76. The molecule has 0 unspecified atom stereocenters. The predicted octanol–water partition coefficient (Wildman–Crippen LogP) is 1.96. The van der Waals surface area contributed by atoms with Crippen molar-refractivity contribution in [2.24, 2.45) is 4.99 Å². The molecule has 1 aromatic carbocycles. The summed E-state index contributed by atoms with van der Waals surface area (Å²) in [5, 5.41) is 20.0. The second-order valence-electron chi connectivity index (χ2n) is 4.35. The van der Waals surface area contributed by atoms with Crippen LogP contribution >= 0.6 is 0 Å². The van der Waals surface area contributed by atoms with Gasteiger partial charge in [-0.3, -0.25) is 0 Å². The van der Waals surface area contributed by atoms with Crippen LogP contribution in [0.3, 0.4) is 0 Å². The van der Waals surface area contributed by atoms with Gasteiger partial charge in [-0.15, -0.1) is 0 Å². The number of carboxylic acids is 2. The van der Waals surface area contributed by atoms with Crippen LogP contribution in [-0.2, 0) is 15.8 Å². The molecule has 7 nitrogen and oxygen atoms in total. The molecule has 0 aromatic heterocycles. The first-order valence-corrected chi connectivity index (χ1v) is 6.03. The molecule has 1 aliphatic heterocycles. The highest BCUT2D eigenvalue weighted by molar-refractivity contribution is 6.12. The first-order chi connectivity index (χ1) is 10.7. The van der Waals surface area contributed by atoms with E-state index in [2.05, 4.69) is 10.3 Å². The zero-order chi connectivity index (χ0) is 17.2. The number of hydrogen-bond acceptors (Lipinski definition) is 4. The fourth-order valence-electron chi connectivity index (χ4n) is 1.67. The summed E-state index contributed by atoms with van der Waals surface area (Å²) in [6.07, 6.45) is -3.89. The number of halogens is 3. The van der Waals surface area contributed by atoms with Crippen molar-refractivity contribution in [2.75, 3.05) is 11.9 Å². The largest absolute Gasteiger partial charge is 0.483 e. The summed E-state index contributed by atoms with van der Waals surface area (Å²) in [6.45, 7) is -0.267. The Hall–Kier alpha value is -3.04. The third kappa shape index (κ3) is 3.78. The number of aliphatic carboxylic acids is 2. The zero-order valence-electron chi connectivity index (χ0n) is 11.2. The topological polar surface area (TPSA) is 108 Å². The van der Waals surface area contributed by atoms with Gasteiger partial charge in [0.05, 0.1) is 17.5 Å². The maximum Gasteiger partial charge on any atom is 0.416 e. The second-order valence-corrected chi connectivity index (χ2v) is 4.35. The van der Waals surface area contributed by atoms with Crippen molar-refractivity contribution in [2.45, 2.75) is 6.18 Å². The monoisotopic (exact) mass is 330 g/mol. The van der Waals surface area contributed by atoms with E-state index in [1.54, 1.807) is 0 Å². The van der Waals surface area contributed by atoms with Crippen LogP contribution in [-0.4, -0.2) is 34.6 Å². The van der Waals surface area contributed by atoms with E-state index < -0.39 is 29.3 Å². The van der Waals surface area contributed by atoms with E-state index >= 15 is 0 Å². The van der Waals surface area contributed by atoms with Gasteiger partial charge in [-0.2, -0.15) is 13.2 Å². The smallest absolute Gasteiger partial charge is 0.416 e. The number of benzene rings is 1. The van der Waals surface area contributed by atoms with Crippen LogP contribution in [0.25, 0.3) is 0 Å². The summed E-state index contributed by atoms with van der Waals surface area (Å²) in [4.78, 5) is 25.0. The van der Waals surface area contributed by atoms with E-state index in [-0.39, 0.29) is 23.9 Å². The molecule has 0 aliphatic carbocycles. The standard InChI is InChI=1S/C13H9F3N2O5/c14-13(15,16)6-1-2-8-9(3-6)23-5-10(18-8)17-4-7(11(19)20)12(21)22/h1-4H,5H2,(H,17,18)(H,19,20)(H,21,22). The lowest BCUT2D eigenvalue weighted by Crippen LogP contribution is -2.26. The lowest BCUT2D eigenvalue weighted by atomic mass is 10.1. The van der Waals surface area contributed by atoms with Crippen molar-refractivity contribution in [3.8, 4) is 5.75 Å². The minimum absolute atomic E-state index is 0.0422. The number of nitrogens with one attached hydrogen (secondary N) is 1. The molecule has 1 aliphatic rings. The van der Waals surface area contributed by atoms with Crippen molar-refractivity contribution in [1.82, 2.24) is 0 Å². The normalized spacial score (nSPS) is 15.2. The number of rotatable bonds is 3. The molecular weight excluding hydrogens is 321 g/mol. The van der Waals surface area contributed by atoms with Crippen LogP contribution in [0, 0.1) is 0 Å². The molecule has 10 heteroatoms. The number of amidine groups is 1. The molecular formula is C13H9F3N2O5. The molecule has 2 rings (SSSR count). The van der Waals surface area contributed by atoms with Gasteiger partial charge < -0.3 is 20.3 Å². The van der Waals surface area contributed by atoms with Gasteiger partial charge in [0.1, 0.15) is 18.2 Å². The molecule has 0 saturated heterocycles. The van der Waals surface area contributed by atoms with Crippen LogP contribution in [0.1, 0.15) is 5.56 Å². The van der Waals surface area contributed by atoms with Gasteiger partial charge in [-0.05, 0) is 18.2 Å². The van der Waals surface area contributed by atoms with E-state index in [0.29, 0.717) is 6.20 Å². The molecule has 3 N–H and O–H groups in total. The molecule has 0 fully saturated rings. The Morgan fingerprint density at radius 1 is 1.26 bits per heavy atom. The fraction of sp³-hybridized carbons (Fsp3) is 0.154. The van der Waals surface area contributed by atoms with Gasteiger partial charge in [0, 0.05) is 0 Å². The average molecular weight is 330 g/mol. The summed E-state index contributed by atoms with van der Waals surface area (Å²) in [5.74, 6) is -3.33. The molecule has 1 heterocycles. The van der Waals surface area contributed by atoms with Crippen molar-refractivity contribution in [3.05, 3.63) is 35.5 Å². The predicted molar refractivity (Wildman–Crippen MR) is 71.4 cm³/mol. The Bertz CT molecular complexity index is 709. The Morgan fingerprint density at radius 3 is 2.48 bits per heavy atom. The number of nitrogens with zero attached hydrogens (tertiary/aromatic N) is 1. The molecule has 0 bridgehead atoms. The Labute approximate surface area is 126 Å². The number of ether oxygens (including phenoxy) is 1. The maximum absolute atomic E-state index is 12.6.